The van der Waals surface area contributed by atoms with Crippen molar-refractivity contribution in [2.75, 3.05) is 7.11 Å². The minimum Gasteiger partial charge on any atom is -0.467 e. The summed E-state index contributed by atoms with van der Waals surface area (Å²) in [6.45, 7) is 3.71. The van der Waals surface area contributed by atoms with Gasteiger partial charge in [0.05, 0.1) is 12.0 Å². The topological polar surface area (TPSA) is 55.4 Å². The van der Waals surface area contributed by atoms with Crippen LogP contribution in [0.2, 0.25) is 0 Å². The van der Waals surface area contributed by atoms with Crippen LogP contribution in [0.4, 0.5) is 0 Å². The van der Waals surface area contributed by atoms with Crippen LogP contribution < -0.4 is 5.32 Å². The normalized spacial score (nSPS) is 12.2. The van der Waals surface area contributed by atoms with Gasteiger partial charge in [-0.05, 0) is 17.4 Å². The van der Waals surface area contributed by atoms with E-state index in [1.54, 1.807) is 12.1 Å². The van der Waals surface area contributed by atoms with E-state index in [1.807, 2.05) is 19.2 Å². The lowest BCUT2D eigenvalue weighted by Crippen LogP contribution is -2.44. The van der Waals surface area contributed by atoms with Crippen molar-refractivity contribution in [1.82, 2.24) is 5.32 Å². The van der Waals surface area contributed by atoms with Crippen molar-refractivity contribution in [3.05, 3.63) is 22.4 Å². The van der Waals surface area contributed by atoms with Crippen molar-refractivity contribution in [3.63, 3.8) is 0 Å². The third-order valence-electron chi connectivity index (χ3n) is 2.15. The Morgan fingerprint density at radius 3 is 2.56 bits per heavy atom. The smallest absolute Gasteiger partial charge is 0.328 e. The van der Waals surface area contributed by atoms with Crippen LogP contribution >= 0.6 is 11.3 Å². The molecular weight excluding hydrogens is 226 g/mol. The lowest BCUT2D eigenvalue weighted by molar-refractivity contribution is -0.144. The first-order valence-electron chi connectivity index (χ1n) is 4.98. The first kappa shape index (κ1) is 12.7. The molecule has 16 heavy (non-hydrogen) atoms. The fourth-order valence-corrected chi connectivity index (χ4v) is 1.87. The largest absolute Gasteiger partial charge is 0.467 e. The number of hydrogen-bond acceptors (Lipinski definition) is 4. The van der Waals surface area contributed by atoms with Gasteiger partial charge >= 0.3 is 5.97 Å². The zero-order chi connectivity index (χ0) is 12.1. The summed E-state index contributed by atoms with van der Waals surface area (Å²) in [6, 6.07) is 2.91. The van der Waals surface area contributed by atoms with Gasteiger partial charge in [0.1, 0.15) is 6.04 Å². The highest BCUT2D eigenvalue weighted by molar-refractivity contribution is 7.12. The summed E-state index contributed by atoms with van der Waals surface area (Å²) in [6.07, 6.45) is 0. The monoisotopic (exact) mass is 241 g/mol. The van der Waals surface area contributed by atoms with Gasteiger partial charge in [-0.1, -0.05) is 19.9 Å². The second-order valence-electron chi connectivity index (χ2n) is 3.70. The molecule has 0 fully saturated rings. The van der Waals surface area contributed by atoms with E-state index in [9.17, 15) is 9.59 Å². The molecule has 0 aliphatic heterocycles. The van der Waals surface area contributed by atoms with Gasteiger partial charge in [0.2, 0.25) is 0 Å². The molecule has 4 nitrogen and oxygen atoms in total. The summed E-state index contributed by atoms with van der Waals surface area (Å²) in [4.78, 5) is 23.7. The second-order valence-corrected chi connectivity index (χ2v) is 4.64. The van der Waals surface area contributed by atoms with E-state index in [-0.39, 0.29) is 11.8 Å². The van der Waals surface area contributed by atoms with Crippen LogP contribution in [0.25, 0.3) is 0 Å². The van der Waals surface area contributed by atoms with E-state index in [2.05, 4.69) is 10.1 Å². The van der Waals surface area contributed by atoms with E-state index in [1.165, 1.54) is 18.4 Å². The molecule has 0 radical (unpaired) electrons. The predicted octanol–water partition coefficient (Wildman–Crippen LogP) is 1.68. The average Bonchev–Trinajstić information content (AvgIpc) is 2.77. The van der Waals surface area contributed by atoms with Crippen LogP contribution in [0.15, 0.2) is 17.5 Å². The zero-order valence-electron chi connectivity index (χ0n) is 9.52. The summed E-state index contributed by atoms with van der Waals surface area (Å²) in [7, 11) is 1.31. The molecule has 1 atom stereocenters. The van der Waals surface area contributed by atoms with Gasteiger partial charge in [-0.15, -0.1) is 11.3 Å². The maximum atomic E-state index is 11.7. The van der Waals surface area contributed by atoms with Gasteiger partial charge in [-0.25, -0.2) is 4.79 Å². The number of carbonyl (C=O) groups is 2. The Hall–Kier alpha value is -1.36. The SMILES string of the molecule is COC(=O)C(NC(=O)c1cccs1)C(C)C. The number of rotatable bonds is 4. The van der Waals surface area contributed by atoms with Crippen LogP contribution in [-0.2, 0) is 9.53 Å². The number of methoxy groups -OCH3 is 1. The molecule has 0 spiro atoms. The Labute approximate surface area is 98.6 Å². The number of thiophene rings is 1. The number of amides is 1. The molecule has 1 heterocycles. The molecule has 0 aliphatic rings. The van der Waals surface area contributed by atoms with Crippen LogP contribution in [0, 0.1) is 5.92 Å². The minimum absolute atomic E-state index is 0.00337. The van der Waals surface area contributed by atoms with Gasteiger partial charge in [0, 0.05) is 0 Å². The van der Waals surface area contributed by atoms with E-state index < -0.39 is 12.0 Å². The van der Waals surface area contributed by atoms with Crippen molar-refractivity contribution in [1.29, 1.82) is 0 Å². The molecule has 0 aliphatic carbocycles. The molecule has 5 heteroatoms. The average molecular weight is 241 g/mol. The van der Waals surface area contributed by atoms with E-state index >= 15 is 0 Å². The molecular formula is C11H15NO3S. The van der Waals surface area contributed by atoms with Gasteiger partial charge in [0.25, 0.3) is 5.91 Å². The van der Waals surface area contributed by atoms with Gasteiger partial charge in [-0.3, -0.25) is 4.79 Å². The van der Waals surface area contributed by atoms with Crippen LogP contribution in [0.5, 0.6) is 0 Å². The van der Waals surface area contributed by atoms with E-state index in [4.69, 9.17) is 0 Å². The highest BCUT2D eigenvalue weighted by atomic mass is 32.1. The van der Waals surface area contributed by atoms with Crippen molar-refractivity contribution < 1.29 is 14.3 Å². The minimum atomic E-state index is -0.598. The molecule has 1 aromatic heterocycles. The number of hydrogen-bond donors (Lipinski definition) is 1. The molecule has 0 saturated heterocycles. The van der Waals surface area contributed by atoms with E-state index in [0.717, 1.165) is 0 Å². The summed E-state index contributed by atoms with van der Waals surface area (Å²) in [5.74, 6) is -0.657. The fourth-order valence-electron chi connectivity index (χ4n) is 1.24. The van der Waals surface area contributed by atoms with Crippen molar-refractivity contribution in [2.24, 2.45) is 5.92 Å². The molecule has 0 aromatic carbocycles. The fraction of sp³-hybridized carbons (Fsp3) is 0.455. The maximum Gasteiger partial charge on any atom is 0.328 e. The predicted molar refractivity (Wildman–Crippen MR) is 62.4 cm³/mol. The number of esters is 1. The number of ether oxygens (including phenoxy) is 1. The maximum absolute atomic E-state index is 11.7. The van der Waals surface area contributed by atoms with Crippen LogP contribution in [-0.4, -0.2) is 25.0 Å². The summed E-state index contributed by atoms with van der Waals surface area (Å²) < 4.78 is 4.64. The second kappa shape index (κ2) is 5.65. The lowest BCUT2D eigenvalue weighted by Gasteiger charge is -2.19. The highest BCUT2D eigenvalue weighted by Gasteiger charge is 2.25. The summed E-state index contributed by atoms with van der Waals surface area (Å²) >= 11 is 1.34. The lowest BCUT2D eigenvalue weighted by atomic mass is 10.0. The van der Waals surface area contributed by atoms with Crippen molar-refractivity contribution >= 4 is 23.2 Å². The van der Waals surface area contributed by atoms with Crippen LogP contribution in [0.3, 0.4) is 0 Å². The molecule has 0 bridgehead atoms. The third-order valence-corrected chi connectivity index (χ3v) is 3.02. The quantitative estimate of drug-likeness (QED) is 0.816. The standard InChI is InChI=1S/C11H15NO3S/c1-7(2)9(11(14)15-3)12-10(13)8-5-4-6-16-8/h4-7,9H,1-3H3,(H,12,13). The van der Waals surface area contributed by atoms with Gasteiger partial charge in [-0.2, -0.15) is 0 Å². The number of nitrogens with one attached hydrogen (secondary N) is 1. The van der Waals surface area contributed by atoms with Gasteiger partial charge < -0.3 is 10.1 Å². The molecule has 1 amide bonds. The Bertz CT molecular complexity index is 359. The number of carbonyl (C=O) groups excluding carboxylic acids is 2. The molecule has 1 rings (SSSR count). The van der Waals surface area contributed by atoms with Crippen molar-refractivity contribution in [3.8, 4) is 0 Å². The van der Waals surface area contributed by atoms with Crippen molar-refractivity contribution in [2.45, 2.75) is 19.9 Å². The molecule has 1 aromatic rings. The molecule has 1 unspecified atom stereocenters. The van der Waals surface area contributed by atoms with Crippen LogP contribution in [0.1, 0.15) is 23.5 Å². The Morgan fingerprint density at radius 1 is 1.44 bits per heavy atom. The zero-order valence-corrected chi connectivity index (χ0v) is 10.3. The molecule has 0 saturated carbocycles. The first-order chi connectivity index (χ1) is 7.56. The third kappa shape index (κ3) is 3.06. The van der Waals surface area contributed by atoms with Gasteiger partial charge in [0.15, 0.2) is 0 Å². The van der Waals surface area contributed by atoms with E-state index in [0.29, 0.717) is 4.88 Å². The Kier molecular flexibility index (Phi) is 4.49. The molecule has 88 valence electrons. The Balaban J connectivity index is 2.69. The molecule has 1 N–H and O–H groups in total. The highest BCUT2D eigenvalue weighted by Crippen LogP contribution is 2.10. The summed E-state index contributed by atoms with van der Waals surface area (Å²) in [5, 5.41) is 4.48. The Morgan fingerprint density at radius 2 is 2.12 bits per heavy atom. The first-order valence-corrected chi connectivity index (χ1v) is 5.86. The summed E-state index contributed by atoms with van der Waals surface area (Å²) in [5.41, 5.74) is 0.